The quantitative estimate of drug-likeness (QED) is 0.570. The lowest BCUT2D eigenvalue weighted by Gasteiger charge is -2.17. The van der Waals surface area contributed by atoms with Crippen LogP contribution in [-0.4, -0.2) is 27.1 Å². The number of rotatable bonds is 7. The maximum atomic E-state index is 12.1. The molecule has 9 heteroatoms. The molecule has 0 fully saturated rings. The molecule has 2 heterocycles. The fourth-order valence-corrected chi connectivity index (χ4v) is 4.96. The van der Waals surface area contributed by atoms with Gasteiger partial charge in [0.05, 0.1) is 11.4 Å². The van der Waals surface area contributed by atoms with E-state index in [9.17, 15) is 4.79 Å². The van der Waals surface area contributed by atoms with E-state index < -0.39 is 0 Å². The molecule has 0 unspecified atom stereocenters. The molecule has 6 nitrogen and oxygen atoms in total. The molecule has 3 aromatic rings. The number of nitrogens with one attached hydrogen (secondary N) is 1. The molecule has 0 bridgehead atoms. The standard InChI is InChI=1S/C17H19N5OS3/c1-11(2)18-15-20-21-17(26-15)25-10-13-9-24-16(19-13)22(12(3)23)14-7-5-4-6-8-14/h4-9,11H,10H2,1-3H3,(H,18,20). The average molecular weight is 406 g/mol. The molecule has 0 spiro atoms. The van der Waals surface area contributed by atoms with Crippen LogP contribution in [0.15, 0.2) is 40.1 Å². The highest BCUT2D eigenvalue weighted by Crippen LogP contribution is 2.32. The lowest BCUT2D eigenvalue weighted by molar-refractivity contribution is -0.115. The Morgan fingerprint density at radius 2 is 2.04 bits per heavy atom. The van der Waals surface area contributed by atoms with Crippen molar-refractivity contribution >= 4 is 56.3 Å². The Hall–Kier alpha value is -1.97. The van der Waals surface area contributed by atoms with Crippen LogP contribution in [0.25, 0.3) is 0 Å². The molecule has 1 amide bonds. The van der Waals surface area contributed by atoms with E-state index in [1.807, 2.05) is 35.7 Å². The van der Waals surface area contributed by atoms with Crippen molar-refractivity contribution in [3.05, 3.63) is 41.4 Å². The fourth-order valence-electron chi connectivity index (χ4n) is 2.18. The second-order valence-corrected chi connectivity index (χ2v) is 8.81. The van der Waals surface area contributed by atoms with E-state index in [2.05, 4.69) is 34.3 Å². The third-order valence-electron chi connectivity index (χ3n) is 3.22. The van der Waals surface area contributed by atoms with E-state index in [-0.39, 0.29) is 5.91 Å². The molecule has 2 aromatic heterocycles. The molecule has 3 rings (SSSR count). The number of hydrogen-bond acceptors (Lipinski definition) is 8. The van der Waals surface area contributed by atoms with Crippen LogP contribution in [0.2, 0.25) is 0 Å². The molecule has 1 aromatic carbocycles. The summed E-state index contributed by atoms with van der Waals surface area (Å²) in [4.78, 5) is 18.3. The van der Waals surface area contributed by atoms with Crippen LogP contribution >= 0.6 is 34.4 Å². The van der Waals surface area contributed by atoms with Gasteiger partial charge in [-0.1, -0.05) is 41.3 Å². The first kappa shape index (κ1) is 18.8. The topological polar surface area (TPSA) is 71.0 Å². The SMILES string of the molecule is CC(=O)N(c1ccccc1)c1nc(CSc2nnc(NC(C)C)s2)cs1. The summed E-state index contributed by atoms with van der Waals surface area (Å²) in [5, 5.41) is 15.0. The second kappa shape index (κ2) is 8.61. The van der Waals surface area contributed by atoms with Crippen molar-refractivity contribution in [1.29, 1.82) is 0 Å². The van der Waals surface area contributed by atoms with Gasteiger partial charge in [0.15, 0.2) is 9.47 Å². The smallest absolute Gasteiger partial charge is 0.230 e. The molecule has 1 N–H and O–H groups in total. The number of benzene rings is 1. The summed E-state index contributed by atoms with van der Waals surface area (Å²) in [6, 6.07) is 9.89. The number of carbonyl (C=O) groups is 1. The highest BCUT2D eigenvalue weighted by molar-refractivity contribution is 8.00. The maximum Gasteiger partial charge on any atom is 0.230 e. The van der Waals surface area contributed by atoms with Crippen molar-refractivity contribution in [2.75, 3.05) is 10.2 Å². The van der Waals surface area contributed by atoms with Crippen LogP contribution in [0.4, 0.5) is 16.0 Å². The van der Waals surface area contributed by atoms with E-state index >= 15 is 0 Å². The third-order valence-corrected chi connectivity index (χ3v) is 6.12. The Labute approximate surface area is 164 Å². The van der Waals surface area contributed by atoms with Crippen molar-refractivity contribution in [1.82, 2.24) is 15.2 Å². The minimum absolute atomic E-state index is 0.0571. The number of thioether (sulfide) groups is 1. The summed E-state index contributed by atoms with van der Waals surface area (Å²) in [5.74, 6) is 0.631. The Balaban J connectivity index is 1.67. The summed E-state index contributed by atoms with van der Waals surface area (Å²) in [6.07, 6.45) is 0. The molecule has 0 aliphatic carbocycles. The lowest BCUT2D eigenvalue weighted by Crippen LogP contribution is -2.22. The monoisotopic (exact) mass is 405 g/mol. The van der Waals surface area contributed by atoms with Gasteiger partial charge in [-0.3, -0.25) is 9.69 Å². The van der Waals surface area contributed by atoms with Gasteiger partial charge in [-0.15, -0.1) is 21.5 Å². The molecular weight excluding hydrogens is 386 g/mol. The zero-order valence-corrected chi connectivity index (χ0v) is 17.1. The van der Waals surface area contributed by atoms with E-state index in [1.165, 1.54) is 22.7 Å². The lowest BCUT2D eigenvalue weighted by atomic mass is 10.3. The van der Waals surface area contributed by atoms with E-state index in [1.54, 1.807) is 23.6 Å². The number of nitrogens with zero attached hydrogens (tertiary/aromatic N) is 4. The van der Waals surface area contributed by atoms with Crippen molar-refractivity contribution in [2.24, 2.45) is 0 Å². The predicted molar refractivity (Wildman–Crippen MR) is 110 cm³/mol. The number of carbonyl (C=O) groups excluding carboxylic acids is 1. The first-order valence-electron chi connectivity index (χ1n) is 8.06. The van der Waals surface area contributed by atoms with E-state index in [0.29, 0.717) is 16.9 Å². The first-order valence-corrected chi connectivity index (χ1v) is 10.7. The first-order chi connectivity index (χ1) is 12.5. The molecule has 0 saturated carbocycles. The molecule has 0 atom stereocenters. The van der Waals surface area contributed by atoms with Gasteiger partial charge in [0, 0.05) is 24.1 Å². The van der Waals surface area contributed by atoms with Crippen LogP contribution in [0, 0.1) is 0 Å². The van der Waals surface area contributed by atoms with Crippen LogP contribution in [0.1, 0.15) is 26.5 Å². The average Bonchev–Trinajstić information content (AvgIpc) is 3.23. The molecule has 0 radical (unpaired) electrons. The number of amides is 1. The van der Waals surface area contributed by atoms with Gasteiger partial charge >= 0.3 is 0 Å². The summed E-state index contributed by atoms with van der Waals surface area (Å²) in [6.45, 7) is 5.68. The number of anilines is 3. The summed E-state index contributed by atoms with van der Waals surface area (Å²) < 4.78 is 0.897. The van der Waals surface area contributed by atoms with Gasteiger partial charge in [0.1, 0.15) is 0 Å². The molecule has 0 aliphatic heterocycles. The normalized spacial score (nSPS) is 10.9. The van der Waals surface area contributed by atoms with Crippen LogP contribution in [0.5, 0.6) is 0 Å². The molecule has 26 heavy (non-hydrogen) atoms. The Morgan fingerprint density at radius 3 is 2.73 bits per heavy atom. The molecule has 136 valence electrons. The van der Waals surface area contributed by atoms with Crippen molar-refractivity contribution in [2.45, 2.75) is 36.9 Å². The minimum atomic E-state index is -0.0571. The van der Waals surface area contributed by atoms with Crippen LogP contribution in [-0.2, 0) is 10.5 Å². The van der Waals surface area contributed by atoms with Crippen LogP contribution in [0.3, 0.4) is 0 Å². The van der Waals surface area contributed by atoms with Gasteiger partial charge in [-0.2, -0.15) is 0 Å². The van der Waals surface area contributed by atoms with Gasteiger partial charge in [-0.25, -0.2) is 4.98 Å². The van der Waals surface area contributed by atoms with E-state index in [0.717, 1.165) is 20.9 Å². The minimum Gasteiger partial charge on any atom is -0.358 e. The number of aromatic nitrogens is 3. The van der Waals surface area contributed by atoms with Crippen molar-refractivity contribution < 1.29 is 4.79 Å². The molecule has 0 saturated heterocycles. The van der Waals surface area contributed by atoms with Crippen molar-refractivity contribution in [3.8, 4) is 0 Å². The Kier molecular flexibility index (Phi) is 6.23. The summed E-state index contributed by atoms with van der Waals surface area (Å²) in [5.41, 5.74) is 1.74. The van der Waals surface area contributed by atoms with Gasteiger partial charge in [0.2, 0.25) is 11.0 Å². The Bertz CT molecular complexity index is 862. The highest BCUT2D eigenvalue weighted by Gasteiger charge is 2.18. The highest BCUT2D eigenvalue weighted by atomic mass is 32.2. The van der Waals surface area contributed by atoms with Gasteiger partial charge in [-0.05, 0) is 26.0 Å². The van der Waals surface area contributed by atoms with Gasteiger partial charge in [0.25, 0.3) is 0 Å². The van der Waals surface area contributed by atoms with Gasteiger partial charge < -0.3 is 5.32 Å². The zero-order chi connectivity index (χ0) is 18.5. The number of thiazole rings is 1. The number of para-hydroxylation sites is 1. The molecular formula is C17H19N5OS3. The van der Waals surface area contributed by atoms with E-state index in [4.69, 9.17) is 0 Å². The van der Waals surface area contributed by atoms with Crippen molar-refractivity contribution in [3.63, 3.8) is 0 Å². The van der Waals surface area contributed by atoms with Crippen LogP contribution < -0.4 is 10.2 Å². The second-order valence-electron chi connectivity index (χ2n) is 5.77. The summed E-state index contributed by atoms with van der Waals surface area (Å²) in [7, 11) is 0. The maximum absolute atomic E-state index is 12.1. The largest absolute Gasteiger partial charge is 0.358 e. The summed E-state index contributed by atoms with van der Waals surface area (Å²) >= 11 is 4.60. The number of hydrogen-bond donors (Lipinski definition) is 1. The fraction of sp³-hybridized carbons (Fsp3) is 0.294. The molecule has 0 aliphatic rings. The predicted octanol–water partition coefficient (Wildman–Crippen LogP) is 4.79. The third kappa shape index (κ3) is 4.80. The Morgan fingerprint density at radius 1 is 1.27 bits per heavy atom. The zero-order valence-electron chi connectivity index (χ0n) is 14.7.